The highest BCUT2D eigenvalue weighted by molar-refractivity contribution is 7.18. The molecule has 0 saturated heterocycles. The van der Waals surface area contributed by atoms with Gasteiger partial charge in [-0.15, -0.1) is 11.3 Å². The molecule has 4 heteroatoms. The maximum absolute atomic E-state index is 5.79. The summed E-state index contributed by atoms with van der Waals surface area (Å²) in [7, 11) is 1.69. The van der Waals surface area contributed by atoms with Gasteiger partial charge in [0.1, 0.15) is 5.75 Å². The number of hydrogen-bond donors (Lipinski definition) is 1. The molecule has 0 radical (unpaired) electrons. The van der Waals surface area contributed by atoms with Crippen LogP contribution in [0.3, 0.4) is 0 Å². The first-order chi connectivity index (χ1) is 9.26. The van der Waals surface area contributed by atoms with Crippen molar-refractivity contribution in [2.75, 3.05) is 12.8 Å². The van der Waals surface area contributed by atoms with Gasteiger partial charge in [-0.3, -0.25) is 0 Å². The Morgan fingerprint density at radius 2 is 2.05 bits per heavy atom. The molecule has 0 fully saturated rings. The molecule has 3 nitrogen and oxygen atoms in total. The Labute approximate surface area is 115 Å². The quantitative estimate of drug-likeness (QED) is 0.741. The van der Waals surface area contributed by atoms with E-state index in [1.807, 2.05) is 36.4 Å². The molecule has 0 unspecified atom stereocenters. The van der Waals surface area contributed by atoms with Crippen LogP contribution in [0.15, 0.2) is 42.5 Å². The molecule has 0 atom stereocenters. The third kappa shape index (κ3) is 2.39. The van der Waals surface area contributed by atoms with E-state index in [1.54, 1.807) is 18.4 Å². The number of rotatable bonds is 3. The van der Waals surface area contributed by atoms with E-state index in [4.69, 9.17) is 10.5 Å². The topological polar surface area (TPSA) is 48.1 Å². The molecule has 19 heavy (non-hydrogen) atoms. The molecule has 3 rings (SSSR count). The van der Waals surface area contributed by atoms with Crippen LogP contribution in [0, 0.1) is 0 Å². The SMILES string of the molecule is COc1ccccc1Cc1nc2ccc(N)cc2s1. The second kappa shape index (κ2) is 4.90. The number of hydrogen-bond acceptors (Lipinski definition) is 4. The lowest BCUT2D eigenvalue weighted by Gasteiger charge is -2.05. The van der Waals surface area contributed by atoms with Crippen molar-refractivity contribution in [3.8, 4) is 5.75 Å². The molecular weight excluding hydrogens is 256 g/mol. The molecule has 0 saturated carbocycles. The molecule has 0 bridgehead atoms. The van der Waals surface area contributed by atoms with Crippen LogP contribution in [-0.4, -0.2) is 12.1 Å². The average Bonchev–Trinajstić information content (AvgIpc) is 2.80. The van der Waals surface area contributed by atoms with Crippen LogP contribution in [0.4, 0.5) is 5.69 Å². The number of nitrogens with zero attached hydrogens (tertiary/aromatic N) is 1. The Kier molecular flexibility index (Phi) is 3.09. The van der Waals surface area contributed by atoms with Crippen LogP contribution >= 0.6 is 11.3 Å². The van der Waals surface area contributed by atoms with Crippen molar-refractivity contribution >= 4 is 27.2 Å². The van der Waals surface area contributed by atoms with Crippen molar-refractivity contribution in [1.29, 1.82) is 0 Å². The summed E-state index contributed by atoms with van der Waals surface area (Å²) >= 11 is 1.68. The van der Waals surface area contributed by atoms with E-state index in [1.165, 1.54) is 0 Å². The molecule has 0 aliphatic heterocycles. The van der Waals surface area contributed by atoms with E-state index < -0.39 is 0 Å². The minimum Gasteiger partial charge on any atom is -0.496 e. The van der Waals surface area contributed by atoms with Gasteiger partial charge in [0, 0.05) is 17.7 Å². The van der Waals surface area contributed by atoms with Gasteiger partial charge in [0.25, 0.3) is 0 Å². The summed E-state index contributed by atoms with van der Waals surface area (Å²) in [5, 5.41) is 1.07. The van der Waals surface area contributed by atoms with Gasteiger partial charge in [0.2, 0.25) is 0 Å². The number of para-hydroxylation sites is 1. The van der Waals surface area contributed by atoms with E-state index in [2.05, 4.69) is 11.1 Å². The van der Waals surface area contributed by atoms with Crippen molar-refractivity contribution in [3.05, 3.63) is 53.0 Å². The Morgan fingerprint density at radius 3 is 2.89 bits per heavy atom. The zero-order valence-corrected chi connectivity index (χ0v) is 11.4. The van der Waals surface area contributed by atoms with Crippen molar-refractivity contribution in [2.24, 2.45) is 0 Å². The zero-order valence-electron chi connectivity index (χ0n) is 10.6. The Hall–Kier alpha value is -2.07. The van der Waals surface area contributed by atoms with E-state index >= 15 is 0 Å². The normalized spacial score (nSPS) is 10.8. The smallest absolute Gasteiger partial charge is 0.122 e. The maximum atomic E-state index is 5.79. The number of benzene rings is 2. The number of anilines is 1. The lowest BCUT2D eigenvalue weighted by molar-refractivity contribution is 0.410. The number of ether oxygens (including phenoxy) is 1. The minimum absolute atomic E-state index is 0.778. The highest BCUT2D eigenvalue weighted by Gasteiger charge is 2.08. The first-order valence-corrected chi connectivity index (χ1v) is 6.85. The summed E-state index contributed by atoms with van der Waals surface area (Å²) in [6.07, 6.45) is 0.781. The van der Waals surface area contributed by atoms with E-state index in [0.29, 0.717) is 0 Å². The summed E-state index contributed by atoms with van der Waals surface area (Å²) in [4.78, 5) is 4.63. The number of nitrogen functional groups attached to an aromatic ring is 1. The van der Waals surface area contributed by atoms with E-state index in [0.717, 1.165) is 38.6 Å². The molecule has 0 aliphatic carbocycles. The predicted octanol–water partition coefficient (Wildman–Crippen LogP) is 3.48. The van der Waals surface area contributed by atoms with Crippen molar-refractivity contribution < 1.29 is 4.74 Å². The Bertz CT molecular complexity index is 721. The van der Waals surface area contributed by atoms with Gasteiger partial charge in [-0.25, -0.2) is 4.98 Å². The van der Waals surface area contributed by atoms with Crippen LogP contribution < -0.4 is 10.5 Å². The minimum atomic E-state index is 0.778. The molecule has 0 amide bonds. The molecule has 2 N–H and O–H groups in total. The summed E-state index contributed by atoms with van der Waals surface area (Å²) in [5.41, 5.74) is 8.72. The fourth-order valence-corrected chi connectivity index (χ4v) is 3.12. The summed E-state index contributed by atoms with van der Waals surface area (Å²) in [6, 6.07) is 13.9. The largest absolute Gasteiger partial charge is 0.496 e. The zero-order chi connectivity index (χ0) is 13.2. The van der Waals surface area contributed by atoms with Crippen LogP contribution in [0.25, 0.3) is 10.2 Å². The van der Waals surface area contributed by atoms with Gasteiger partial charge in [-0.2, -0.15) is 0 Å². The van der Waals surface area contributed by atoms with Crippen molar-refractivity contribution in [3.63, 3.8) is 0 Å². The Balaban J connectivity index is 1.96. The Morgan fingerprint density at radius 1 is 1.21 bits per heavy atom. The van der Waals surface area contributed by atoms with Crippen LogP contribution in [0.2, 0.25) is 0 Å². The first kappa shape index (κ1) is 12.0. The molecule has 96 valence electrons. The number of aromatic nitrogens is 1. The van der Waals surface area contributed by atoms with Gasteiger partial charge in [-0.05, 0) is 24.3 Å². The number of fused-ring (bicyclic) bond motifs is 1. The molecule has 3 aromatic rings. The molecule has 1 heterocycles. The van der Waals surface area contributed by atoms with Crippen LogP contribution in [0.5, 0.6) is 5.75 Å². The van der Waals surface area contributed by atoms with Gasteiger partial charge in [0.05, 0.1) is 22.3 Å². The van der Waals surface area contributed by atoms with Gasteiger partial charge < -0.3 is 10.5 Å². The lowest BCUT2D eigenvalue weighted by Crippen LogP contribution is -1.92. The summed E-state index contributed by atoms with van der Waals surface area (Å²) in [5.74, 6) is 0.904. The average molecular weight is 270 g/mol. The highest BCUT2D eigenvalue weighted by atomic mass is 32.1. The number of methoxy groups -OCH3 is 1. The van der Waals surface area contributed by atoms with Crippen molar-refractivity contribution in [1.82, 2.24) is 4.98 Å². The highest BCUT2D eigenvalue weighted by Crippen LogP contribution is 2.28. The maximum Gasteiger partial charge on any atom is 0.122 e. The fourth-order valence-electron chi connectivity index (χ4n) is 2.08. The van der Waals surface area contributed by atoms with Gasteiger partial charge in [-0.1, -0.05) is 18.2 Å². The third-order valence-corrected chi connectivity index (χ3v) is 4.01. The third-order valence-electron chi connectivity index (χ3n) is 2.99. The fraction of sp³-hybridized carbons (Fsp3) is 0.133. The second-order valence-corrected chi connectivity index (χ2v) is 5.44. The molecule has 2 aromatic carbocycles. The molecule has 1 aromatic heterocycles. The first-order valence-electron chi connectivity index (χ1n) is 6.03. The van der Waals surface area contributed by atoms with Crippen LogP contribution in [0.1, 0.15) is 10.6 Å². The van der Waals surface area contributed by atoms with E-state index in [9.17, 15) is 0 Å². The van der Waals surface area contributed by atoms with Gasteiger partial charge in [0.15, 0.2) is 0 Å². The second-order valence-electron chi connectivity index (χ2n) is 4.32. The van der Waals surface area contributed by atoms with E-state index in [-0.39, 0.29) is 0 Å². The van der Waals surface area contributed by atoms with Gasteiger partial charge >= 0.3 is 0 Å². The summed E-state index contributed by atoms with van der Waals surface area (Å²) in [6.45, 7) is 0. The monoisotopic (exact) mass is 270 g/mol. The number of nitrogens with two attached hydrogens (primary N) is 1. The molecular formula is C15H14N2OS. The van der Waals surface area contributed by atoms with Crippen molar-refractivity contribution in [2.45, 2.75) is 6.42 Å². The summed E-state index contributed by atoms with van der Waals surface area (Å²) < 4.78 is 6.50. The molecule has 0 spiro atoms. The standard InChI is InChI=1S/C15H14N2OS/c1-18-13-5-3-2-4-10(13)8-15-17-12-7-6-11(16)9-14(12)19-15/h2-7,9H,8,16H2,1H3. The predicted molar refractivity (Wildman–Crippen MR) is 79.8 cm³/mol. The van der Waals surface area contributed by atoms with Crippen LogP contribution in [-0.2, 0) is 6.42 Å². The lowest BCUT2D eigenvalue weighted by atomic mass is 10.1. The molecule has 0 aliphatic rings. The number of thiazole rings is 1.